The Bertz CT molecular complexity index is 743. The van der Waals surface area contributed by atoms with Crippen molar-refractivity contribution in [2.45, 2.75) is 31.4 Å². The molecule has 4 nitrogen and oxygen atoms in total. The SMILES string of the molecule is CC(=O)NC1(c2ccccc2F)CCN(CC(O)c2ccccc2)CC1. The maximum absolute atomic E-state index is 14.4. The molecule has 1 heterocycles. The summed E-state index contributed by atoms with van der Waals surface area (Å²) in [7, 11) is 0. The Labute approximate surface area is 153 Å². The van der Waals surface area contributed by atoms with Crippen LogP contribution in [0.25, 0.3) is 0 Å². The van der Waals surface area contributed by atoms with Crippen molar-refractivity contribution in [1.29, 1.82) is 0 Å². The molecule has 1 atom stereocenters. The van der Waals surface area contributed by atoms with Gasteiger partial charge >= 0.3 is 0 Å². The molecule has 2 aromatic carbocycles. The summed E-state index contributed by atoms with van der Waals surface area (Å²) in [6.45, 7) is 3.35. The second-order valence-corrected chi connectivity index (χ2v) is 6.97. The Hall–Kier alpha value is -2.24. The highest BCUT2D eigenvalue weighted by Gasteiger charge is 2.39. The maximum Gasteiger partial charge on any atom is 0.217 e. The monoisotopic (exact) mass is 356 g/mol. The summed E-state index contributed by atoms with van der Waals surface area (Å²) in [6, 6.07) is 16.2. The summed E-state index contributed by atoms with van der Waals surface area (Å²) >= 11 is 0. The first-order valence-electron chi connectivity index (χ1n) is 8.99. The molecular weight excluding hydrogens is 331 g/mol. The van der Waals surface area contributed by atoms with Gasteiger partial charge in [0.1, 0.15) is 5.82 Å². The van der Waals surface area contributed by atoms with Crippen molar-refractivity contribution in [3.63, 3.8) is 0 Å². The van der Waals surface area contributed by atoms with Gasteiger partial charge in [0.25, 0.3) is 0 Å². The number of carbonyl (C=O) groups excluding carboxylic acids is 1. The van der Waals surface area contributed by atoms with Crippen LogP contribution in [0.5, 0.6) is 0 Å². The minimum Gasteiger partial charge on any atom is -0.387 e. The number of likely N-dealkylation sites (tertiary alicyclic amines) is 1. The van der Waals surface area contributed by atoms with Crippen LogP contribution in [-0.2, 0) is 10.3 Å². The lowest BCUT2D eigenvalue weighted by molar-refractivity contribution is -0.121. The fourth-order valence-corrected chi connectivity index (χ4v) is 3.79. The summed E-state index contributed by atoms with van der Waals surface area (Å²) in [5.74, 6) is -0.454. The number of halogens is 1. The van der Waals surface area contributed by atoms with Gasteiger partial charge in [-0.05, 0) is 24.5 Å². The van der Waals surface area contributed by atoms with E-state index in [9.17, 15) is 14.3 Å². The van der Waals surface area contributed by atoms with Crippen molar-refractivity contribution in [3.8, 4) is 0 Å². The third-order valence-electron chi connectivity index (χ3n) is 5.13. The molecule has 1 aliphatic rings. The second kappa shape index (κ2) is 7.98. The molecule has 2 aromatic rings. The van der Waals surface area contributed by atoms with E-state index in [0.717, 1.165) is 5.56 Å². The zero-order chi connectivity index (χ0) is 18.6. The fourth-order valence-electron chi connectivity index (χ4n) is 3.79. The summed E-state index contributed by atoms with van der Waals surface area (Å²) in [5, 5.41) is 13.4. The average Bonchev–Trinajstić information content (AvgIpc) is 2.64. The number of hydrogen-bond acceptors (Lipinski definition) is 3. The van der Waals surface area contributed by atoms with Crippen molar-refractivity contribution in [1.82, 2.24) is 10.2 Å². The van der Waals surface area contributed by atoms with Gasteiger partial charge in [0.2, 0.25) is 5.91 Å². The topological polar surface area (TPSA) is 52.6 Å². The summed E-state index contributed by atoms with van der Waals surface area (Å²) in [4.78, 5) is 13.9. The highest BCUT2D eigenvalue weighted by atomic mass is 19.1. The van der Waals surface area contributed by atoms with Crippen molar-refractivity contribution >= 4 is 5.91 Å². The molecule has 0 spiro atoms. The summed E-state index contributed by atoms with van der Waals surface area (Å²) < 4.78 is 14.4. The molecule has 5 heteroatoms. The number of nitrogens with zero attached hydrogens (tertiary/aromatic N) is 1. The number of hydrogen-bond donors (Lipinski definition) is 2. The predicted molar refractivity (Wildman–Crippen MR) is 99.0 cm³/mol. The predicted octanol–water partition coefficient (Wildman–Crippen LogP) is 2.99. The maximum atomic E-state index is 14.4. The number of β-amino-alcohol motifs (C(OH)–C–C–N with tert-alkyl or cyclic N) is 1. The molecular formula is C21H25FN2O2. The molecule has 0 aliphatic carbocycles. The molecule has 0 radical (unpaired) electrons. The first-order valence-corrected chi connectivity index (χ1v) is 8.99. The van der Waals surface area contributed by atoms with E-state index in [-0.39, 0.29) is 11.7 Å². The molecule has 1 unspecified atom stereocenters. The third-order valence-corrected chi connectivity index (χ3v) is 5.13. The van der Waals surface area contributed by atoms with Crippen LogP contribution >= 0.6 is 0 Å². The van der Waals surface area contributed by atoms with Gasteiger partial charge in [0, 0.05) is 32.1 Å². The van der Waals surface area contributed by atoms with E-state index in [1.54, 1.807) is 18.2 Å². The first-order chi connectivity index (χ1) is 12.5. The molecule has 1 amide bonds. The minimum atomic E-state index is -0.689. The number of nitrogens with one attached hydrogen (secondary N) is 1. The number of aliphatic hydroxyl groups is 1. The number of carbonyl (C=O) groups is 1. The zero-order valence-electron chi connectivity index (χ0n) is 15.0. The normalized spacial score (nSPS) is 18.3. The van der Waals surface area contributed by atoms with Crippen LogP contribution in [0, 0.1) is 5.82 Å². The Kier molecular flexibility index (Phi) is 5.69. The second-order valence-electron chi connectivity index (χ2n) is 6.97. The summed E-state index contributed by atoms with van der Waals surface area (Å²) in [5.41, 5.74) is 0.740. The Balaban J connectivity index is 1.71. The fraction of sp³-hybridized carbons (Fsp3) is 0.381. The van der Waals surface area contributed by atoms with Crippen molar-refractivity contribution in [2.75, 3.05) is 19.6 Å². The third kappa shape index (κ3) is 4.11. The number of rotatable bonds is 5. The van der Waals surface area contributed by atoms with E-state index in [2.05, 4.69) is 10.2 Å². The van der Waals surface area contributed by atoms with Crippen molar-refractivity contribution in [2.24, 2.45) is 0 Å². The highest BCUT2D eigenvalue weighted by molar-refractivity contribution is 5.74. The lowest BCUT2D eigenvalue weighted by Gasteiger charge is -2.43. The largest absolute Gasteiger partial charge is 0.387 e. The van der Waals surface area contributed by atoms with Crippen molar-refractivity contribution in [3.05, 3.63) is 71.5 Å². The van der Waals surface area contributed by atoms with E-state index in [1.807, 2.05) is 30.3 Å². The molecule has 0 aromatic heterocycles. The molecule has 2 N–H and O–H groups in total. The molecule has 0 bridgehead atoms. The van der Waals surface area contributed by atoms with Crippen LogP contribution in [0.15, 0.2) is 54.6 Å². The van der Waals surface area contributed by atoms with E-state index in [4.69, 9.17) is 0 Å². The van der Waals surface area contributed by atoms with Gasteiger partial charge in [-0.25, -0.2) is 4.39 Å². The average molecular weight is 356 g/mol. The lowest BCUT2D eigenvalue weighted by atomic mass is 9.80. The number of benzene rings is 2. The molecule has 0 saturated carbocycles. The van der Waals surface area contributed by atoms with Gasteiger partial charge in [0.15, 0.2) is 0 Å². The zero-order valence-corrected chi connectivity index (χ0v) is 15.0. The molecule has 1 aliphatic heterocycles. The highest BCUT2D eigenvalue weighted by Crippen LogP contribution is 2.35. The van der Waals surface area contributed by atoms with E-state index < -0.39 is 11.6 Å². The first kappa shape index (κ1) is 18.5. The Morgan fingerprint density at radius 2 is 1.77 bits per heavy atom. The molecule has 3 rings (SSSR count). The Morgan fingerprint density at radius 1 is 1.15 bits per heavy atom. The number of amides is 1. The number of piperidine rings is 1. The van der Waals surface area contributed by atoms with Gasteiger partial charge in [-0.2, -0.15) is 0 Å². The molecule has 1 saturated heterocycles. The quantitative estimate of drug-likeness (QED) is 0.866. The lowest BCUT2D eigenvalue weighted by Crippen LogP contribution is -2.53. The van der Waals surface area contributed by atoms with Crippen LogP contribution in [0.4, 0.5) is 4.39 Å². The van der Waals surface area contributed by atoms with Gasteiger partial charge in [0.05, 0.1) is 11.6 Å². The van der Waals surface area contributed by atoms with Crippen LogP contribution < -0.4 is 5.32 Å². The van der Waals surface area contributed by atoms with Crippen molar-refractivity contribution < 1.29 is 14.3 Å². The van der Waals surface area contributed by atoms with Gasteiger partial charge < -0.3 is 15.3 Å². The van der Waals surface area contributed by atoms with E-state index in [1.165, 1.54) is 13.0 Å². The summed E-state index contributed by atoms with van der Waals surface area (Å²) in [6.07, 6.45) is 0.655. The molecule has 1 fully saturated rings. The van der Waals surface area contributed by atoms with E-state index >= 15 is 0 Å². The molecule has 26 heavy (non-hydrogen) atoms. The van der Waals surface area contributed by atoms with Gasteiger partial charge in [-0.3, -0.25) is 4.79 Å². The number of aliphatic hydroxyl groups excluding tert-OH is 1. The Morgan fingerprint density at radius 3 is 2.38 bits per heavy atom. The van der Waals surface area contributed by atoms with Crippen LogP contribution in [0.2, 0.25) is 0 Å². The standard InChI is InChI=1S/C21H25FN2O2/c1-16(25)23-21(18-9-5-6-10-19(18)22)11-13-24(14-12-21)15-20(26)17-7-3-2-4-8-17/h2-10,20,26H,11-15H2,1H3,(H,23,25). The van der Waals surface area contributed by atoms with Gasteiger partial charge in [-0.1, -0.05) is 48.5 Å². The smallest absolute Gasteiger partial charge is 0.217 e. The van der Waals surface area contributed by atoms with Crippen LogP contribution in [-0.4, -0.2) is 35.5 Å². The molecule has 138 valence electrons. The van der Waals surface area contributed by atoms with Crippen LogP contribution in [0.3, 0.4) is 0 Å². The van der Waals surface area contributed by atoms with Gasteiger partial charge in [-0.15, -0.1) is 0 Å². The minimum absolute atomic E-state index is 0.161. The van der Waals surface area contributed by atoms with Crippen LogP contribution in [0.1, 0.15) is 37.0 Å². The van der Waals surface area contributed by atoms with E-state index in [0.29, 0.717) is 38.0 Å².